The molecule has 0 heterocycles. The molecule has 0 saturated carbocycles. The van der Waals surface area contributed by atoms with Gasteiger partial charge < -0.3 is 8.85 Å². The van der Waals surface area contributed by atoms with Crippen molar-refractivity contribution in [2.45, 2.75) is 117 Å². The summed E-state index contributed by atoms with van der Waals surface area (Å²) in [5, 5.41) is 0.379. The second kappa shape index (κ2) is 7.95. The highest BCUT2D eigenvalue weighted by Crippen LogP contribution is 2.40. The Labute approximate surface area is 166 Å². The molecule has 0 spiro atoms. The molecule has 2 nitrogen and oxygen atoms in total. The highest BCUT2D eigenvalue weighted by Gasteiger charge is 2.41. The molecule has 0 amide bonds. The van der Waals surface area contributed by atoms with E-state index in [2.05, 4.69) is 113 Å². The summed E-state index contributed by atoms with van der Waals surface area (Å²) in [6.07, 6.45) is 3.99. The second-order valence-electron chi connectivity index (χ2n) is 11.4. The van der Waals surface area contributed by atoms with Crippen LogP contribution in [0.3, 0.4) is 0 Å². The van der Waals surface area contributed by atoms with Crippen LogP contribution in [0.1, 0.15) is 69.2 Å². The fourth-order valence-corrected chi connectivity index (χ4v) is 5.44. The summed E-state index contributed by atoms with van der Waals surface area (Å²) in [4.78, 5) is 0. The van der Waals surface area contributed by atoms with Crippen molar-refractivity contribution >= 4 is 16.6 Å². The van der Waals surface area contributed by atoms with E-state index < -0.39 is 22.2 Å². The van der Waals surface area contributed by atoms with Crippen LogP contribution < -0.4 is 0 Å². The zero-order valence-corrected chi connectivity index (χ0v) is 22.0. The van der Waals surface area contributed by atoms with Crippen molar-refractivity contribution in [1.82, 2.24) is 0 Å². The van der Waals surface area contributed by atoms with Crippen LogP contribution in [0.2, 0.25) is 36.3 Å². The fraction of sp³-hybridized carbons (Fsp3) is 0.818. The Kier molecular flexibility index (Phi) is 7.84. The lowest BCUT2D eigenvalue weighted by atomic mass is 10.1. The normalized spacial score (nSPS) is 15.2. The van der Waals surface area contributed by atoms with Crippen molar-refractivity contribution < 1.29 is 8.85 Å². The van der Waals surface area contributed by atoms with Crippen molar-refractivity contribution in [3.8, 4) is 11.8 Å². The summed E-state index contributed by atoms with van der Waals surface area (Å²) in [6, 6.07) is 0. The molecule has 0 N–H and O–H groups in total. The van der Waals surface area contributed by atoms with Gasteiger partial charge in [-0.05, 0) is 76.1 Å². The number of hydrogen-bond acceptors (Lipinski definition) is 2. The van der Waals surface area contributed by atoms with Gasteiger partial charge in [-0.15, -0.1) is 0 Å². The molecule has 0 bridgehead atoms. The predicted molar refractivity (Wildman–Crippen MR) is 122 cm³/mol. The lowest BCUT2D eigenvalue weighted by molar-refractivity contribution is 0.141. The molecular formula is C22H44O2Si2. The van der Waals surface area contributed by atoms with Crippen LogP contribution in [0.25, 0.3) is 0 Å². The van der Waals surface area contributed by atoms with E-state index in [1.54, 1.807) is 0 Å². The maximum absolute atomic E-state index is 6.51. The van der Waals surface area contributed by atoms with E-state index in [0.29, 0.717) is 0 Å². The molecule has 152 valence electrons. The molecule has 0 aromatic heterocycles. The number of rotatable bonds is 5. The van der Waals surface area contributed by atoms with Crippen molar-refractivity contribution in [3.63, 3.8) is 0 Å². The van der Waals surface area contributed by atoms with Gasteiger partial charge in [0.15, 0.2) is 16.6 Å². The molecule has 0 aromatic carbocycles. The first-order valence-corrected chi connectivity index (χ1v) is 15.5. The van der Waals surface area contributed by atoms with Crippen LogP contribution in [-0.4, -0.2) is 27.8 Å². The van der Waals surface area contributed by atoms with Crippen molar-refractivity contribution in [3.05, 3.63) is 12.2 Å². The molecule has 0 aliphatic heterocycles. The smallest absolute Gasteiger partial charge is 0.194 e. The van der Waals surface area contributed by atoms with Gasteiger partial charge in [0.2, 0.25) is 0 Å². The maximum Gasteiger partial charge on any atom is 0.194 e. The van der Waals surface area contributed by atoms with E-state index in [-0.39, 0.29) is 15.7 Å². The van der Waals surface area contributed by atoms with Gasteiger partial charge in [0.1, 0.15) is 5.60 Å². The van der Waals surface area contributed by atoms with E-state index in [0.717, 1.165) is 0 Å². The fourth-order valence-electron chi connectivity index (χ4n) is 2.12. The van der Waals surface area contributed by atoms with E-state index in [1.165, 1.54) is 0 Å². The lowest BCUT2D eigenvalue weighted by Gasteiger charge is -2.41. The standard InChI is InChI=1S/C22H44O2Si2/c1-19(2,3)25(11,12)23-21(7,8)17-15-16-18-22(9,10)24-26(13,14)20(4,5)6/h15,17H,1-14H3/b17-15-. The molecule has 0 saturated heterocycles. The van der Waals surface area contributed by atoms with Gasteiger partial charge in [0, 0.05) is 0 Å². The average molecular weight is 397 g/mol. The van der Waals surface area contributed by atoms with Gasteiger partial charge in [-0.2, -0.15) is 0 Å². The highest BCUT2D eigenvalue weighted by atomic mass is 28.4. The summed E-state index contributed by atoms with van der Waals surface area (Å²) in [6.45, 7) is 31.0. The highest BCUT2D eigenvalue weighted by molar-refractivity contribution is 6.74. The molecule has 26 heavy (non-hydrogen) atoms. The molecule has 0 fully saturated rings. The molecular weight excluding hydrogens is 352 g/mol. The lowest BCUT2D eigenvalue weighted by Crippen LogP contribution is -2.47. The van der Waals surface area contributed by atoms with Gasteiger partial charge in [0.25, 0.3) is 0 Å². The van der Waals surface area contributed by atoms with Gasteiger partial charge in [0.05, 0.1) is 5.60 Å². The van der Waals surface area contributed by atoms with Crippen molar-refractivity contribution in [2.75, 3.05) is 0 Å². The third kappa shape index (κ3) is 8.12. The predicted octanol–water partition coefficient (Wildman–Crippen LogP) is 7.15. The molecule has 0 atom stereocenters. The monoisotopic (exact) mass is 396 g/mol. The Morgan fingerprint density at radius 2 is 1.04 bits per heavy atom. The van der Waals surface area contributed by atoms with Crippen molar-refractivity contribution in [1.29, 1.82) is 0 Å². The minimum absolute atomic E-state index is 0.181. The molecule has 0 aliphatic carbocycles. The Balaban J connectivity index is 5.14. The summed E-state index contributed by atoms with van der Waals surface area (Å²) in [5.41, 5.74) is -0.764. The summed E-state index contributed by atoms with van der Waals surface area (Å²) in [7, 11) is -3.64. The van der Waals surface area contributed by atoms with Crippen LogP contribution in [-0.2, 0) is 8.85 Å². The molecule has 0 aromatic rings. The Bertz CT molecular complexity index is 560. The average Bonchev–Trinajstić information content (AvgIpc) is 2.29. The zero-order chi connectivity index (χ0) is 21.2. The minimum atomic E-state index is -1.84. The number of hydrogen-bond donors (Lipinski definition) is 0. The second-order valence-corrected chi connectivity index (χ2v) is 20.9. The van der Waals surface area contributed by atoms with E-state index >= 15 is 0 Å². The zero-order valence-electron chi connectivity index (χ0n) is 20.0. The quantitative estimate of drug-likeness (QED) is 0.363. The van der Waals surface area contributed by atoms with E-state index in [1.807, 2.05) is 6.08 Å². The Morgan fingerprint density at radius 3 is 1.42 bits per heavy atom. The van der Waals surface area contributed by atoms with Crippen LogP contribution in [0.4, 0.5) is 0 Å². The van der Waals surface area contributed by atoms with Gasteiger partial charge in [-0.25, -0.2) is 0 Å². The number of allylic oxidation sites excluding steroid dienone is 1. The van der Waals surface area contributed by atoms with Crippen LogP contribution in [0.5, 0.6) is 0 Å². The maximum atomic E-state index is 6.51. The molecule has 0 radical (unpaired) electrons. The first-order chi connectivity index (χ1) is 11.1. The first-order valence-electron chi connectivity index (χ1n) is 9.73. The molecule has 0 rings (SSSR count). The van der Waals surface area contributed by atoms with Crippen molar-refractivity contribution in [2.24, 2.45) is 0 Å². The van der Waals surface area contributed by atoms with Gasteiger partial charge in [-0.1, -0.05) is 53.4 Å². The van der Waals surface area contributed by atoms with Crippen LogP contribution in [0.15, 0.2) is 12.2 Å². The minimum Gasteiger partial charge on any atom is -0.409 e. The van der Waals surface area contributed by atoms with Gasteiger partial charge in [-0.3, -0.25) is 0 Å². The van der Waals surface area contributed by atoms with Gasteiger partial charge >= 0.3 is 0 Å². The van der Waals surface area contributed by atoms with Crippen LogP contribution in [0, 0.1) is 11.8 Å². The largest absolute Gasteiger partial charge is 0.409 e. The third-order valence-corrected chi connectivity index (χ3v) is 14.9. The Morgan fingerprint density at radius 1 is 0.654 bits per heavy atom. The topological polar surface area (TPSA) is 18.5 Å². The third-order valence-electron chi connectivity index (χ3n) is 5.58. The summed E-state index contributed by atoms with van der Waals surface area (Å²) < 4.78 is 13.0. The SMILES string of the molecule is CC(C)(C#C/C=C\C(C)(C)O[Si](C)(C)C(C)(C)C)O[Si](C)(C)C(C)(C)C. The summed E-state index contributed by atoms with van der Waals surface area (Å²) >= 11 is 0. The first kappa shape index (κ1) is 25.7. The molecule has 4 heteroatoms. The molecule has 0 unspecified atom stereocenters. The Hall–Kier alpha value is -0.346. The van der Waals surface area contributed by atoms with E-state index in [4.69, 9.17) is 8.85 Å². The van der Waals surface area contributed by atoms with E-state index in [9.17, 15) is 0 Å². The molecule has 0 aliphatic rings. The summed E-state index contributed by atoms with van der Waals surface area (Å²) in [5.74, 6) is 6.47. The van der Waals surface area contributed by atoms with Crippen LogP contribution >= 0.6 is 0 Å².